The number of nitrogens with zero attached hydrogens (tertiary/aromatic N) is 1. The molecule has 1 heterocycles. The lowest BCUT2D eigenvalue weighted by Gasteiger charge is -2.38. The Morgan fingerprint density at radius 3 is 2.52 bits per heavy atom. The first kappa shape index (κ1) is 15.1. The molecule has 1 aliphatic carbocycles. The van der Waals surface area contributed by atoms with Crippen LogP contribution in [0.4, 0.5) is 0 Å². The molecule has 0 bridgehead atoms. The Bertz CT molecular complexity index is 409. The lowest BCUT2D eigenvalue weighted by molar-refractivity contribution is 0.131. The third-order valence-corrected chi connectivity index (χ3v) is 5.33. The van der Waals surface area contributed by atoms with Crippen LogP contribution in [0.2, 0.25) is 0 Å². The first-order valence-electron chi connectivity index (χ1n) is 8.92. The van der Waals surface area contributed by atoms with E-state index in [2.05, 4.69) is 47.5 Å². The third-order valence-electron chi connectivity index (χ3n) is 5.33. The van der Waals surface area contributed by atoms with Gasteiger partial charge in [-0.05, 0) is 63.6 Å². The van der Waals surface area contributed by atoms with Crippen molar-refractivity contribution >= 4 is 0 Å². The zero-order chi connectivity index (χ0) is 14.5. The highest BCUT2D eigenvalue weighted by molar-refractivity contribution is 5.20. The Hall–Kier alpha value is -0.860. The summed E-state index contributed by atoms with van der Waals surface area (Å²) in [5.41, 5.74) is 1.53. The van der Waals surface area contributed by atoms with E-state index in [1.807, 2.05) is 0 Å². The van der Waals surface area contributed by atoms with Crippen LogP contribution in [0, 0.1) is 0 Å². The van der Waals surface area contributed by atoms with E-state index in [4.69, 9.17) is 0 Å². The molecule has 2 heteroatoms. The smallest absolute Gasteiger partial charge is 0.0351 e. The maximum absolute atomic E-state index is 3.71. The molecule has 0 aromatic heterocycles. The largest absolute Gasteiger partial charge is 0.314 e. The molecule has 0 amide bonds. The van der Waals surface area contributed by atoms with Crippen molar-refractivity contribution in [3.63, 3.8) is 0 Å². The number of rotatable bonds is 5. The van der Waals surface area contributed by atoms with Gasteiger partial charge < -0.3 is 5.32 Å². The molecular formula is C19H30N2. The average molecular weight is 286 g/mol. The monoisotopic (exact) mass is 286 g/mol. The van der Waals surface area contributed by atoms with E-state index in [1.54, 1.807) is 0 Å². The second-order valence-corrected chi connectivity index (χ2v) is 6.77. The molecule has 1 N–H and O–H groups in total. The van der Waals surface area contributed by atoms with E-state index < -0.39 is 0 Å². The van der Waals surface area contributed by atoms with Gasteiger partial charge in [-0.1, -0.05) is 37.3 Å². The van der Waals surface area contributed by atoms with Gasteiger partial charge in [-0.3, -0.25) is 4.90 Å². The van der Waals surface area contributed by atoms with Crippen LogP contribution in [0.15, 0.2) is 30.3 Å². The van der Waals surface area contributed by atoms with Crippen molar-refractivity contribution in [1.29, 1.82) is 0 Å². The summed E-state index contributed by atoms with van der Waals surface area (Å²) in [6.07, 6.45) is 9.45. The van der Waals surface area contributed by atoms with Gasteiger partial charge in [0, 0.05) is 18.1 Å². The van der Waals surface area contributed by atoms with Crippen LogP contribution in [0.1, 0.15) is 63.5 Å². The summed E-state index contributed by atoms with van der Waals surface area (Å²) in [5, 5.41) is 3.71. The number of likely N-dealkylation sites (tertiary alicyclic amines) is 1. The lowest BCUT2D eigenvalue weighted by Crippen LogP contribution is -2.42. The molecule has 0 radical (unpaired) electrons. The lowest BCUT2D eigenvalue weighted by atomic mass is 9.89. The number of benzene rings is 1. The van der Waals surface area contributed by atoms with E-state index in [-0.39, 0.29) is 0 Å². The highest BCUT2D eigenvalue weighted by Gasteiger charge is 2.33. The fraction of sp³-hybridized carbons (Fsp3) is 0.684. The maximum atomic E-state index is 3.71. The van der Waals surface area contributed by atoms with Gasteiger partial charge in [0.25, 0.3) is 0 Å². The van der Waals surface area contributed by atoms with Crippen LogP contribution >= 0.6 is 0 Å². The van der Waals surface area contributed by atoms with Gasteiger partial charge >= 0.3 is 0 Å². The molecule has 2 nitrogen and oxygen atoms in total. The summed E-state index contributed by atoms with van der Waals surface area (Å²) >= 11 is 0. The van der Waals surface area contributed by atoms with Gasteiger partial charge in [-0.2, -0.15) is 0 Å². The number of hydrogen-bond donors (Lipinski definition) is 1. The molecule has 3 rings (SSSR count). The Labute approximate surface area is 129 Å². The maximum Gasteiger partial charge on any atom is 0.0351 e. The van der Waals surface area contributed by atoms with Crippen molar-refractivity contribution in [2.75, 3.05) is 13.1 Å². The molecule has 0 spiro atoms. The quantitative estimate of drug-likeness (QED) is 0.875. The zero-order valence-electron chi connectivity index (χ0n) is 13.4. The average Bonchev–Trinajstić information content (AvgIpc) is 3.04. The highest BCUT2D eigenvalue weighted by Crippen LogP contribution is 2.37. The van der Waals surface area contributed by atoms with Gasteiger partial charge in [0.15, 0.2) is 0 Å². The summed E-state index contributed by atoms with van der Waals surface area (Å²) in [6.45, 7) is 4.75. The molecule has 1 saturated carbocycles. The minimum absolute atomic E-state index is 0.677. The Kier molecular flexibility index (Phi) is 5.32. The van der Waals surface area contributed by atoms with E-state index in [0.717, 1.165) is 12.1 Å². The minimum atomic E-state index is 0.677. The molecule has 1 aliphatic heterocycles. The predicted octanol–water partition coefficient (Wildman–Crippen LogP) is 4.13. The molecule has 1 unspecified atom stereocenters. The molecule has 116 valence electrons. The second kappa shape index (κ2) is 7.42. The molecule has 1 atom stereocenters. The van der Waals surface area contributed by atoms with Crippen molar-refractivity contribution in [3.05, 3.63) is 35.9 Å². The molecule has 21 heavy (non-hydrogen) atoms. The Balaban J connectivity index is 1.57. The molecule has 2 aliphatic rings. The van der Waals surface area contributed by atoms with Crippen molar-refractivity contribution in [3.8, 4) is 0 Å². The van der Waals surface area contributed by atoms with Crippen LogP contribution in [0.5, 0.6) is 0 Å². The molecule has 1 saturated heterocycles. The van der Waals surface area contributed by atoms with Crippen LogP contribution in [0.3, 0.4) is 0 Å². The summed E-state index contributed by atoms with van der Waals surface area (Å²) in [4.78, 5) is 2.81. The fourth-order valence-corrected chi connectivity index (χ4v) is 4.22. The van der Waals surface area contributed by atoms with Crippen molar-refractivity contribution in [1.82, 2.24) is 10.2 Å². The van der Waals surface area contributed by atoms with Gasteiger partial charge in [0.1, 0.15) is 0 Å². The summed E-state index contributed by atoms with van der Waals surface area (Å²) in [7, 11) is 0. The summed E-state index contributed by atoms with van der Waals surface area (Å²) in [6, 6.07) is 13.4. The zero-order valence-corrected chi connectivity index (χ0v) is 13.4. The van der Waals surface area contributed by atoms with E-state index in [0.29, 0.717) is 6.04 Å². The normalized spacial score (nSPS) is 30.6. The van der Waals surface area contributed by atoms with Crippen molar-refractivity contribution in [2.24, 2.45) is 0 Å². The van der Waals surface area contributed by atoms with Gasteiger partial charge in [0.2, 0.25) is 0 Å². The molecule has 1 aromatic rings. The number of hydrogen-bond acceptors (Lipinski definition) is 2. The van der Waals surface area contributed by atoms with Crippen LogP contribution in [0.25, 0.3) is 0 Å². The second-order valence-electron chi connectivity index (χ2n) is 6.77. The van der Waals surface area contributed by atoms with E-state index in [1.165, 1.54) is 63.6 Å². The third kappa shape index (κ3) is 3.67. The van der Waals surface area contributed by atoms with Gasteiger partial charge in [-0.15, -0.1) is 0 Å². The molecule has 2 fully saturated rings. The molecule has 1 aromatic carbocycles. The van der Waals surface area contributed by atoms with Crippen molar-refractivity contribution in [2.45, 2.75) is 70.0 Å². The standard InChI is InChI=1S/C19H30N2/c1-2-14-20-17-10-12-18(13-11-17)21-15-6-9-19(21)16-7-4-3-5-8-16/h3-5,7-8,17-20H,2,6,9-15H2,1H3. The number of nitrogens with one attached hydrogen (secondary N) is 1. The van der Waals surface area contributed by atoms with Crippen molar-refractivity contribution < 1.29 is 0 Å². The van der Waals surface area contributed by atoms with Crippen LogP contribution in [-0.4, -0.2) is 30.1 Å². The Morgan fingerprint density at radius 2 is 1.81 bits per heavy atom. The van der Waals surface area contributed by atoms with Gasteiger partial charge in [-0.25, -0.2) is 0 Å². The predicted molar refractivity (Wildman–Crippen MR) is 89.5 cm³/mol. The Morgan fingerprint density at radius 1 is 1.05 bits per heavy atom. The fourth-order valence-electron chi connectivity index (χ4n) is 4.22. The minimum Gasteiger partial charge on any atom is -0.314 e. The van der Waals surface area contributed by atoms with Crippen LogP contribution < -0.4 is 5.32 Å². The van der Waals surface area contributed by atoms with E-state index in [9.17, 15) is 0 Å². The summed E-state index contributed by atoms with van der Waals surface area (Å²) in [5.74, 6) is 0. The highest BCUT2D eigenvalue weighted by atomic mass is 15.2. The first-order valence-corrected chi connectivity index (χ1v) is 8.92. The van der Waals surface area contributed by atoms with E-state index >= 15 is 0 Å². The first-order chi connectivity index (χ1) is 10.4. The van der Waals surface area contributed by atoms with Crippen LogP contribution in [-0.2, 0) is 0 Å². The van der Waals surface area contributed by atoms with Gasteiger partial charge in [0.05, 0.1) is 0 Å². The topological polar surface area (TPSA) is 15.3 Å². The molecular weight excluding hydrogens is 256 g/mol. The SMILES string of the molecule is CCCNC1CCC(N2CCCC2c2ccccc2)CC1. The summed E-state index contributed by atoms with van der Waals surface area (Å²) < 4.78 is 0.